The van der Waals surface area contributed by atoms with Gasteiger partial charge in [0.25, 0.3) is 0 Å². The molecule has 4 nitrogen and oxygen atoms in total. The number of nitrogens with one attached hydrogen (secondary N) is 1. The van der Waals surface area contributed by atoms with Gasteiger partial charge in [0.1, 0.15) is 0 Å². The maximum Gasteiger partial charge on any atom is 0.0347 e. The van der Waals surface area contributed by atoms with E-state index in [4.69, 9.17) is 0 Å². The molecule has 0 amide bonds. The maximum absolute atomic E-state index is 3.77. The molecule has 2 aliphatic rings. The number of piperazine rings is 2. The van der Waals surface area contributed by atoms with Gasteiger partial charge in [-0.05, 0) is 32.9 Å². The zero-order chi connectivity index (χ0) is 15.4. The van der Waals surface area contributed by atoms with Crippen molar-refractivity contribution < 1.29 is 0 Å². The van der Waals surface area contributed by atoms with Gasteiger partial charge in [0.2, 0.25) is 0 Å². The van der Waals surface area contributed by atoms with Crippen molar-refractivity contribution in [1.29, 1.82) is 0 Å². The molecule has 0 aromatic carbocycles. The fourth-order valence-electron chi connectivity index (χ4n) is 3.85. The first kappa shape index (κ1) is 17.2. The lowest BCUT2D eigenvalue weighted by Gasteiger charge is -2.45. The quantitative estimate of drug-likeness (QED) is 0.826. The van der Waals surface area contributed by atoms with Crippen molar-refractivity contribution in [1.82, 2.24) is 20.0 Å². The van der Waals surface area contributed by atoms with E-state index in [-0.39, 0.29) is 0 Å². The number of hydrogen-bond acceptors (Lipinski definition) is 4. The Morgan fingerprint density at radius 3 is 2.52 bits per heavy atom. The highest BCUT2D eigenvalue weighted by Gasteiger charge is 2.31. The van der Waals surface area contributed by atoms with Crippen LogP contribution in [-0.2, 0) is 0 Å². The van der Waals surface area contributed by atoms with Crippen LogP contribution in [0.1, 0.15) is 33.6 Å². The van der Waals surface area contributed by atoms with Crippen molar-refractivity contribution in [2.24, 2.45) is 5.92 Å². The molecule has 0 radical (unpaired) electrons. The highest BCUT2D eigenvalue weighted by molar-refractivity contribution is 4.90. The predicted molar refractivity (Wildman–Crippen MR) is 90.8 cm³/mol. The van der Waals surface area contributed by atoms with Gasteiger partial charge in [-0.2, -0.15) is 0 Å². The highest BCUT2D eigenvalue weighted by Crippen LogP contribution is 2.17. The van der Waals surface area contributed by atoms with Gasteiger partial charge in [-0.1, -0.05) is 20.8 Å². The first-order chi connectivity index (χ1) is 9.99. The SMILES string of the molecule is CCC1CNC(CC(C)C)CN1CC1CN(C)CCN1C. The first-order valence-corrected chi connectivity index (χ1v) is 8.85. The molecule has 3 atom stereocenters. The summed E-state index contributed by atoms with van der Waals surface area (Å²) in [6.07, 6.45) is 2.56. The molecular formula is C17H36N4. The van der Waals surface area contributed by atoms with E-state index in [0.29, 0.717) is 18.1 Å². The average Bonchev–Trinajstić information content (AvgIpc) is 2.42. The molecule has 2 fully saturated rings. The minimum Gasteiger partial charge on any atom is -0.311 e. The second-order valence-electron chi connectivity index (χ2n) is 7.65. The Labute approximate surface area is 131 Å². The Kier molecular flexibility index (Phi) is 6.48. The second kappa shape index (κ2) is 7.91. The van der Waals surface area contributed by atoms with E-state index < -0.39 is 0 Å². The van der Waals surface area contributed by atoms with Crippen LogP contribution < -0.4 is 5.32 Å². The van der Waals surface area contributed by atoms with Crippen molar-refractivity contribution >= 4 is 0 Å². The summed E-state index contributed by atoms with van der Waals surface area (Å²) in [6, 6.07) is 2.09. The summed E-state index contributed by atoms with van der Waals surface area (Å²) < 4.78 is 0. The molecule has 0 aliphatic carbocycles. The van der Waals surface area contributed by atoms with E-state index in [1.807, 2.05) is 0 Å². The Bertz CT molecular complexity index is 307. The zero-order valence-electron chi connectivity index (χ0n) is 14.8. The van der Waals surface area contributed by atoms with Gasteiger partial charge in [0.15, 0.2) is 0 Å². The number of rotatable bonds is 5. The lowest BCUT2D eigenvalue weighted by atomic mass is 9.98. The third-order valence-corrected chi connectivity index (χ3v) is 5.27. The van der Waals surface area contributed by atoms with E-state index in [0.717, 1.165) is 5.92 Å². The summed E-state index contributed by atoms with van der Waals surface area (Å²) in [5.41, 5.74) is 0. The lowest BCUT2D eigenvalue weighted by Crippen LogP contribution is -2.61. The van der Waals surface area contributed by atoms with E-state index in [9.17, 15) is 0 Å². The smallest absolute Gasteiger partial charge is 0.0347 e. The summed E-state index contributed by atoms with van der Waals surface area (Å²) in [4.78, 5) is 7.81. The van der Waals surface area contributed by atoms with E-state index >= 15 is 0 Å². The summed E-state index contributed by atoms with van der Waals surface area (Å²) >= 11 is 0. The third kappa shape index (κ3) is 4.92. The van der Waals surface area contributed by atoms with Crippen LogP contribution in [0.15, 0.2) is 0 Å². The van der Waals surface area contributed by atoms with Crippen molar-refractivity contribution in [2.45, 2.75) is 51.7 Å². The van der Waals surface area contributed by atoms with Crippen LogP contribution in [0.5, 0.6) is 0 Å². The lowest BCUT2D eigenvalue weighted by molar-refractivity contribution is 0.0460. The second-order valence-corrected chi connectivity index (χ2v) is 7.65. The normalized spacial score (nSPS) is 33.7. The van der Waals surface area contributed by atoms with Crippen LogP contribution in [0.3, 0.4) is 0 Å². The van der Waals surface area contributed by atoms with Gasteiger partial charge in [-0.15, -0.1) is 0 Å². The maximum atomic E-state index is 3.77. The van der Waals surface area contributed by atoms with E-state index in [1.54, 1.807) is 0 Å². The van der Waals surface area contributed by atoms with Gasteiger partial charge in [-0.25, -0.2) is 0 Å². The van der Waals surface area contributed by atoms with Crippen molar-refractivity contribution in [3.05, 3.63) is 0 Å². The predicted octanol–water partition coefficient (Wildman–Crippen LogP) is 1.33. The van der Waals surface area contributed by atoms with Gasteiger partial charge in [0, 0.05) is 57.4 Å². The number of likely N-dealkylation sites (N-methyl/N-ethyl adjacent to an activating group) is 2. The van der Waals surface area contributed by atoms with E-state index in [2.05, 4.69) is 54.9 Å². The van der Waals surface area contributed by atoms with Crippen LogP contribution in [-0.4, -0.2) is 86.2 Å². The summed E-state index contributed by atoms with van der Waals surface area (Å²) in [7, 11) is 4.56. The number of hydrogen-bond donors (Lipinski definition) is 1. The fraction of sp³-hybridized carbons (Fsp3) is 1.00. The van der Waals surface area contributed by atoms with Crippen LogP contribution in [0, 0.1) is 5.92 Å². The van der Waals surface area contributed by atoms with Gasteiger partial charge in [0.05, 0.1) is 0 Å². The number of nitrogens with zero attached hydrogens (tertiary/aromatic N) is 3. The summed E-state index contributed by atoms with van der Waals surface area (Å²) in [5.74, 6) is 0.783. The molecule has 0 aromatic rings. The van der Waals surface area contributed by atoms with Crippen LogP contribution in [0.2, 0.25) is 0 Å². The summed E-state index contributed by atoms with van der Waals surface area (Å²) in [5, 5.41) is 3.77. The average molecular weight is 297 g/mol. The van der Waals surface area contributed by atoms with Gasteiger partial charge >= 0.3 is 0 Å². The van der Waals surface area contributed by atoms with Gasteiger partial charge < -0.3 is 10.2 Å². The Morgan fingerprint density at radius 2 is 1.86 bits per heavy atom. The molecule has 1 N–H and O–H groups in total. The van der Waals surface area contributed by atoms with Crippen molar-refractivity contribution in [2.75, 3.05) is 53.4 Å². The molecule has 21 heavy (non-hydrogen) atoms. The molecule has 2 saturated heterocycles. The largest absolute Gasteiger partial charge is 0.311 e. The minimum absolute atomic E-state index is 0.680. The Balaban J connectivity index is 1.93. The monoisotopic (exact) mass is 296 g/mol. The standard InChI is InChI=1S/C17H36N4/c1-6-16-10-18-15(9-14(2)3)11-21(16)13-17-12-19(4)7-8-20(17)5/h14-18H,6-13H2,1-5H3. The first-order valence-electron chi connectivity index (χ1n) is 8.85. The van der Waals surface area contributed by atoms with Crippen molar-refractivity contribution in [3.63, 3.8) is 0 Å². The third-order valence-electron chi connectivity index (χ3n) is 5.27. The highest BCUT2D eigenvalue weighted by atomic mass is 15.3. The molecular weight excluding hydrogens is 260 g/mol. The Hall–Kier alpha value is -0.160. The molecule has 0 spiro atoms. The molecule has 0 bridgehead atoms. The van der Waals surface area contributed by atoms with E-state index in [1.165, 1.54) is 52.1 Å². The molecule has 0 aromatic heterocycles. The molecule has 2 rings (SSSR count). The van der Waals surface area contributed by atoms with Crippen LogP contribution >= 0.6 is 0 Å². The van der Waals surface area contributed by atoms with Crippen LogP contribution in [0.4, 0.5) is 0 Å². The topological polar surface area (TPSA) is 21.8 Å². The Morgan fingerprint density at radius 1 is 1.10 bits per heavy atom. The minimum atomic E-state index is 0.680. The zero-order valence-corrected chi connectivity index (χ0v) is 14.8. The van der Waals surface area contributed by atoms with Crippen molar-refractivity contribution in [3.8, 4) is 0 Å². The molecule has 2 aliphatic heterocycles. The molecule has 3 unspecified atom stereocenters. The summed E-state index contributed by atoms with van der Waals surface area (Å²) in [6.45, 7) is 14.3. The fourth-order valence-corrected chi connectivity index (χ4v) is 3.85. The molecule has 4 heteroatoms. The van der Waals surface area contributed by atoms with Gasteiger partial charge in [-0.3, -0.25) is 9.80 Å². The molecule has 0 saturated carbocycles. The molecule has 2 heterocycles. The van der Waals surface area contributed by atoms with Crippen LogP contribution in [0.25, 0.3) is 0 Å². The molecule has 124 valence electrons.